The van der Waals surface area contributed by atoms with Crippen LogP contribution in [0.1, 0.15) is 99.1 Å². The summed E-state index contributed by atoms with van der Waals surface area (Å²) >= 11 is 0. The fourth-order valence-corrected chi connectivity index (χ4v) is 6.07. The molecule has 263 valence electrons. The smallest absolute Gasteiger partial charge is 0.162 e. The van der Waals surface area contributed by atoms with Crippen LogP contribution in [-0.2, 0) is 36.7 Å². The van der Waals surface area contributed by atoms with E-state index < -0.39 is 0 Å². The number of fused-ring (bicyclic) bond motifs is 2. The molecule has 0 aliphatic rings. The van der Waals surface area contributed by atoms with E-state index in [1.165, 1.54) is 22.6 Å². The molecule has 5 rings (SSSR count). The first-order valence-electron chi connectivity index (χ1n) is 17.5. The third kappa shape index (κ3) is 10.2. The van der Waals surface area contributed by atoms with Gasteiger partial charge < -0.3 is 9.52 Å². The Balaban J connectivity index is 0.000000347. The summed E-state index contributed by atoms with van der Waals surface area (Å²) in [7, 11) is 0. The molecule has 0 saturated carbocycles. The Hall–Kier alpha value is -3.67. The van der Waals surface area contributed by atoms with E-state index in [4.69, 9.17) is 4.42 Å². The largest absolute Gasteiger partial charge is 0.512 e. The number of hydrogen-bond donors (Lipinski definition) is 1. The Bertz CT molecular complexity index is 1860. The molecule has 0 saturated heterocycles. The minimum Gasteiger partial charge on any atom is -0.512 e. The topological polar surface area (TPSA) is 89.1 Å². The molecule has 0 unspecified atom stereocenters. The van der Waals surface area contributed by atoms with Crippen LogP contribution < -0.4 is 0 Å². The van der Waals surface area contributed by atoms with Crippen LogP contribution in [0.3, 0.4) is 0 Å². The van der Waals surface area contributed by atoms with Gasteiger partial charge in [-0.3, -0.25) is 14.8 Å². The van der Waals surface area contributed by atoms with Gasteiger partial charge in [0.1, 0.15) is 17.5 Å². The molecule has 1 radical (unpaired) electrons. The van der Waals surface area contributed by atoms with E-state index in [1.807, 2.05) is 46.0 Å². The molecule has 0 amide bonds. The zero-order valence-corrected chi connectivity index (χ0v) is 33.0. The minimum absolute atomic E-state index is 0. The van der Waals surface area contributed by atoms with E-state index in [1.54, 1.807) is 6.33 Å². The number of furan rings is 1. The fourth-order valence-electron chi connectivity index (χ4n) is 6.07. The van der Waals surface area contributed by atoms with Gasteiger partial charge in [0.05, 0.1) is 5.76 Å². The number of aliphatic hydroxyl groups is 1. The predicted molar refractivity (Wildman–Crippen MR) is 198 cm³/mol. The number of pyridine rings is 1. The van der Waals surface area contributed by atoms with Crippen molar-refractivity contribution in [3.63, 3.8) is 0 Å². The van der Waals surface area contributed by atoms with Crippen LogP contribution in [0.5, 0.6) is 0 Å². The first kappa shape index (κ1) is 39.8. The summed E-state index contributed by atoms with van der Waals surface area (Å²) in [5.74, 6) is 1.81. The molecule has 7 heteroatoms. The van der Waals surface area contributed by atoms with Gasteiger partial charge in [0.2, 0.25) is 0 Å². The zero-order valence-electron chi connectivity index (χ0n) is 30.6. The van der Waals surface area contributed by atoms with Crippen molar-refractivity contribution in [1.82, 2.24) is 15.0 Å². The van der Waals surface area contributed by atoms with Gasteiger partial charge >= 0.3 is 0 Å². The van der Waals surface area contributed by atoms with Gasteiger partial charge in [0.15, 0.2) is 17.1 Å². The van der Waals surface area contributed by atoms with Crippen molar-refractivity contribution in [2.75, 3.05) is 0 Å². The molecular formula is C42H52IrN3O3-. The Morgan fingerprint density at radius 3 is 2.18 bits per heavy atom. The van der Waals surface area contributed by atoms with Crippen LogP contribution in [-0.4, -0.2) is 25.8 Å². The minimum atomic E-state index is -0.00257. The first-order chi connectivity index (χ1) is 22.9. The Labute approximate surface area is 306 Å². The van der Waals surface area contributed by atoms with Crippen LogP contribution in [0.4, 0.5) is 0 Å². The van der Waals surface area contributed by atoms with Gasteiger partial charge in [-0.2, -0.15) is 0 Å². The molecule has 2 aromatic carbocycles. The van der Waals surface area contributed by atoms with Crippen LogP contribution in [0.25, 0.3) is 44.6 Å². The molecule has 3 aromatic heterocycles. The molecular weight excluding hydrogens is 787 g/mol. The van der Waals surface area contributed by atoms with Crippen molar-refractivity contribution in [3.05, 3.63) is 90.1 Å². The van der Waals surface area contributed by atoms with Gasteiger partial charge in [-0.05, 0) is 61.1 Å². The average Bonchev–Trinajstić information content (AvgIpc) is 3.49. The van der Waals surface area contributed by atoms with Crippen LogP contribution in [0.2, 0.25) is 0 Å². The second-order valence-corrected chi connectivity index (χ2v) is 14.1. The number of ketones is 1. The number of carbonyl (C=O) groups is 1. The molecule has 5 aromatic rings. The van der Waals surface area contributed by atoms with Gasteiger partial charge in [-0.25, -0.2) is 4.98 Å². The first-order valence-corrected chi connectivity index (χ1v) is 17.5. The quantitative estimate of drug-likeness (QED) is 0.0810. The third-order valence-corrected chi connectivity index (χ3v) is 8.93. The summed E-state index contributed by atoms with van der Waals surface area (Å²) in [6, 6.07) is 20.2. The van der Waals surface area contributed by atoms with E-state index in [0.717, 1.165) is 65.5 Å². The van der Waals surface area contributed by atoms with Gasteiger partial charge in [0.25, 0.3) is 0 Å². The number of allylic oxidation sites excluding steroid dienone is 2. The van der Waals surface area contributed by atoms with E-state index in [-0.39, 0.29) is 48.9 Å². The SMILES string of the molecule is CC(C)Cc1cnc2cc(-c3cc(-c4[c-]c5ccccc5c(C(C)(C)C)c4)ncn3)oc2c1.CCC(CC)C(=O)/C=C(\O)C(CC)CC.[Ir]. The summed E-state index contributed by atoms with van der Waals surface area (Å²) in [5.41, 5.74) is 6.60. The Morgan fingerprint density at radius 1 is 0.898 bits per heavy atom. The molecule has 0 atom stereocenters. The molecule has 0 aliphatic heterocycles. The van der Waals surface area contributed by atoms with Crippen LogP contribution >= 0.6 is 0 Å². The van der Waals surface area contributed by atoms with Crippen molar-refractivity contribution >= 4 is 27.7 Å². The van der Waals surface area contributed by atoms with Crippen molar-refractivity contribution in [1.29, 1.82) is 0 Å². The van der Waals surface area contributed by atoms with Crippen LogP contribution in [0.15, 0.2) is 77.3 Å². The number of benzene rings is 2. The number of aromatic nitrogens is 3. The number of rotatable bonds is 11. The maximum Gasteiger partial charge on any atom is 0.162 e. The van der Waals surface area contributed by atoms with Gasteiger partial charge in [0, 0.05) is 56.0 Å². The van der Waals surface area contributed by atoms with Gasteiger partial charge in [-0.15, -0.1) is 29.1 Å². The van der Waals surface area contributed by atoms with Crippen LogP contribution in [0, 0.1) is 23.8 Å². The molecule has 3 heterocycles. The second-order valence-electron chi connectivity index (χ2n) is 14.1. The Morgan fingerprint density at radius 2 is 1.55 bits per heavy atom. The fraction of sp³-hybridized carbons (Fsp3) is 0.429. The number of carbonyl (C=O) groups excluding carboxylic acids is 1. The molecule has 0 spiro atoms. The maximum absolute atomic E-state index is 11.7. The van der Waals surface area contributed by atoms with E-state index in [2.05, 4.69) is 92.0 Å². The zero-order chi connectivity index (χ0) is 35.0. The predicted octanol–water partition coefficient (Wildman–Crippen LogP) is 11.3. The van der Waals surface area contributed by atoms with E-state index >= 15 is 0 Å². The second kappa shape index (κ2) is 17.8. The van der Waals surface area contributed by atoms with Crippen molar-refractivity contribution in [2.45, 2.75) is 99.8 Å². The summed E-state index contributed by atoms with van der Waals surface area (Å²) in [6.07, 6.45) is 9.41. The molecule has 49 heavy (non-hydrogen) atoms. The summed E-state index contributed by atoms with van der Waals surface area (Å²) in [4.78, 5) is 25.4. The number of aliphatic hydroxyl groups excluding tert-OH is 1. The van der Waals surface area contributed by atoms with Crippen molar-refractivity contribution in [3.8, 4) is 22.7 Å². The average molecular weight is 839 g/mol. The third-order valence-electron chi connectivity index (χ3n) is 8.93. The Kier molecular flexibility index (Phi) is 14.5. The summed E-state index contributed by atoms with van der Waals surface area (Å²) < 4.78 is 6.15. The molecule has 0 aliphatic carbocycles. The van der Waals surface area contributed by atoms with Crippen molar-refractivity contribution < 1.29 is 34.4 Å². The molecule has 1 N–H and O–H groups in total. The maximum atomic E-state index is 11.7. The van der Waals surface area contributed by atoms with Gasteiger partial charge in [-0.1, -0.05) is 91.5 Å². The van der Waals surface area contributed by atoms with Crippen molar-refractivity contribution in [2.24, 2.45) is 17.8 Å². The normalized spacial score (nSPS) is 12.0. The number of nitrogens with zero attached hydrogens (tertiary/aromatic N) is 3. The molecule has 6 nitrogen and oxygen atoms in total. The van der Waals surface area contributed by atoms with E-state index in [9.17, 15) is 9.90 Å². The summed E-state index contributed by atoms with van der Waals surface area (Å²) in [5, 5.41) is 12.1. The summed E-state index contributed by atoms with van der Waals surface area (Å²) in [6.45, 7) is 19.2. The monoisotopic (exact) mass is 839 g/mol. The standard InChI is InChI=1S/C29H28N3O.C13H24O2.Ir/c1-18(2)10-19-11-27-26(30-16-19)15-28(33-27)25-14-24(31-17-32-25)21-12-20-8-6-7-9-22(20)23(13-21)29(3,4)5;1-5-10(6-2)12(14)9-13(15)11(7-3)8-4;/h6-9,11,13-18H,10H2,1-5H3;9-11,14H,5-8H2,1-4H3;/q-1;;/b;12-9-;. The molecule has 0 bridgehead atoms. The number of hydrogen-bond acceptors (Lipinski definition) is 6. The van der Waals surface area contributed by atoms with E-state index in [0.29, 0.717) is 11.7 Å². The molecule has 0 fully saturated rings.